The summed E-state index contributed by atoms with van der Waals surface area (Å²) in [6, 6.07) is 4.39. The van der Waals surface area contributed by atoms with Crippen LogP contribution in [0.4, 0.5) is 15.8 Å². The van der Waals surface area contributed by atoms with Crippen LogP contribution in [0.1, 0.15) is 12.0 Å². The van der Waals surface area contributed by atoms with Gasteiger partial charge in [-0.25, -0.2) is 4.39 Å². The molecule has 1 aromatic rings. The van der Waals surface area contributed by atoms with Gasteiger partial charge < -0.3 is 10.6 Å². The Kier molecular flexibility index (Phi) is 2.26. The van der Waals surface area contributed by atoms with E-state index in [1.807, 2.05) is 0 Å². The van der Waals surface area contributed by atoms with Crippen molar-refractivity contribution in [2.75, 3.05) is 17.2 Å². The van der Waals surface area contributed by atoms with Gasteiger partial charge in [-0.3, -0.25) is 4.79 Å². The van der Waals surface area contributed by atoms with E-state index in [4.69, 9.17) is 5.26 Å². The third-order valence-electron chi connectivity index (χ3n) is 2.19. The Hall–Kier alpha value is -2.09. The summed E-state index contributed by atoms with van der Waals surface area (Å²) >= 11 is 0. The molecule has 0 unspecified atom stereocenters. The zero-order chi connectivity index (χ0) is 10.8. The number of nitriles is 1. The van der Waals surface area contributed by atoms with Crippen LogP contribution >= 0.6 is 0 Å². The summed E-state index contributed by atoms with van der Waals surface area (Å²) in [6.07, 6.45) is 0.307. The molecule has 1 amide bonds. The molecular weight excluding hydrogens is 197 g/mol. The van der Waals surface area contributed by atoms with Gasteiger partial charge >= 0.3 is 0 Å². The lowest BCUT2D eigenvalue weighted by molar-refractivity contribution is -0.115. The Morgan fingerprint density at radius 1 is 1.47 bits per heavy atom. The van der Waals surface area contributed by atoms with E-state index in [1.54, 1.807) is 6.07 Å². The fraction of sp³-hybridized carbons (Fsp3) is 0.200. The average Bonchev–Trinajstić information content (AvgIpc) is 2.39. The first-order valence-electron chi connectivity index (χ1n) is 4.48. The van der Waals surface area contributed by atoms with Gasteiger partial charge in [0.15, 0.2) is 0 Å². The van der Waals surface area contributed by atoms with Crippen molar-refractivity contribution in [2.24, 2.45) is 0 Å². The van der Waals surface area contributed by atoms with Crippen LogP contribution in [0.5, 0.6) is 0 Å². The predicted octanol–water partition coefficient (Wildman–Crippen LogP) is 1.45. The number of fused-ring (bicyclic) bond motifs is 1. The van der Waals surface area contributed by atoms with Crippen LogP contribution in [0.15, 0.2) is 12.1 Å². The Bertz CT molecular complexity index is 464. The molecule has 2 N–H and O–H groups in total. The molecule has 0 bridgehead atoms. The fourth-order valence-electron chi connectivity index (χ4n) is 1.49. The number of halogens is 1. The van der Waals surface area contributed by atoms with Crippen molar-refractivity contribution in [1.29, 1.82) is 5.26 Å². The quantitative estimate of drug-likeness (QED) is 0.673. The zero-order valence-corrected chi connectivity index (χ0v) is 7.80. The highest BCUT2D eigenvalue weighted by Crippen LogP contribution is 2.29. The number of nitrogens with one attached hydrogen (secondary N) is 2. The van der Waals surface area contributed by atoms with E-state index in [-0.39, 0.29) is 11.5 Å². The first-order chi connectivity index (χ1) is 7.22. The van der Waals surface area contributed by atoms with E-state index < -0.39 is 5.82 Å². The second kappa shape index (κ2) is 3.58. The standard InChI is InChI=1S/C10H8FN3O/c11-7-1-2-8-10(6(7)5-12)13-4-3-9(15)14-8/h1-2,13H,3-4H2,(H,14,15). The van der Waals surface area contributed by atoms with Crippen molar-refractivity contribution in [3.05, 3.63) is 23.5 Å². The van der Waals surface area contributed by atoms with E-state index >= 15 is 0 Å². The first-order valence-corrected chi connectivity index (χ1v) is 4.48. The van der Waals surface area contributed by atoms with Crippen LogP contribution in [0, 0.1) is 17.1 Å². The number of hydrogen-bond donors (Lipinski definition) is 2. The minimum Gasteiger partial charge on any atom is -0.382 e. The van der Waals surface area contributed by atoms with Crippen molar-refractivity contribution >= 4 is 17.3 Å². The molecule has 0 aliphatic carbocycles. The van der Waals surface area contributed by atoms with Crippen molar-refractivity contribution in [3.8, 4) is 6.07 Å². The van der Waals surface area contributed by atoms with E-state index in [1.165, 1.54) is 12.1 Å². The average molecular weight is 205 g/mol. The molecule has 15 heavy (non-hydrogen) atoms. The van der Waals surface area contributed by atoms with Crippen LogP contribution in [0.2, 0.25) is 0 Å². The Morgan fingerprint density at radius 2 is 2.27 bits per heavy atom. The molecule has 1 aliphatic rings. The number of carbonyl (C=O) groups is 1. The highest BCUT2D eigenvalue weighted by molar-refractivity contribution is 5.97. The van der Waals surface area contributed by atoms with Crippen LogP contribution in [-0.4, -0.2) is 12.5 Å². The van der Waals surface area contributed by atoms with Gasteiger partial charge in [0.2, 0.25) is 5.91 Å². The molecule has 76 valence electrons. The number of benzene rings is 1. The number of anilines is 2. The molecular formula is C10H8FN3O. The zero-order valence-electron chi connectivity index (χ0n) is 7.80. The minimum atomic E-state index is -0.583. The van der Waals surface area contributed by atoms with Crippen molar-refractivity contribution in [1.82, 2.24) is 0 Å². The SMILES string of the molecule is N#Cc1c(F)ccc2c1NCCC(=O)N2. The van der Waals surface area contributed by atoms with E-state index in [9.17, 15) is 9.18 Å². The molecule has 0 saturated carbocycles. The number of rotatable bonds is 0. The van der Waals surface area contributed by atoms with Gasteiger partial charge in [-0.05, 0) is 12.1 Å². The Labute approximate surface area is 85.7 Å². The van der Waals surface area contributed by atoms with Gasteiger partial charge in [0.25, 0.3) is 0 Å². The third-order valence-corrected chi connectivity index (χ3v) is 2.19. The van der Waals surface area contributed by atoms with Gasteiger partial charge in [0.1, 0.15) is 17.4 Å². The number of nitrogens with zero attached hydrogens (tertiary/aromatic N) is 1. The highest BCUT2D eigenvalue weighted by atomic mass is 19.1. The van der Waals surface area contributed by atoms with Crippen LogP contribution < -0.4 is 10.6 Å². The molecule has 0 spiro atoms. The van der Waals surface area contributed by atoms with E-state index in [2.05, 4.69) is 10.6 Å². The second-order valence-corrected chi connectivity index (χ2v) is 3.18. The van der Waals surface area contributed by atoms with Gasteiger partial charge in [0, 0.05) is 13.0 Å². The van der Waals surface area contributed by atoms with Crippen molar-refractivity contribution in [3.63, 3.8) is 0 Å². The Balaban J connectivity index is 2.57. The summed E-state index contributed by atoms with van der Waals surface area (Å²) in [7, 11) is 0. The summed E-state index contributed by atoms with van der Waals surface area (Å²) < 4.78 is 13.2. The topological polar surface area (TPSA) is 64.9 Å². The van der Waals surface area contributed by atoms with Crippen LogP contribution in [0.25, 0.3) is 0 Å². The second-order valence-electron chi connectivity index (χ2n) is 3.18. The molecule has 0 atom stereocenters. The maximum Gasteiger partial charge on any atom is 0.226 e. The van der Waals surface area contributed by atoms with Crippen molar-refractivity contribution in [2.45, 2.75) is 6.42 Å². The maximum atomic E-state index is 13.2. The van der Waals surface area contributed by atoms with Gasteiger partial charge in [-0.15, -0.1) is 0 Å². The minimum absolute atomic E-state index is 0.0605. The predicted molar refractivity (Wildman–Crippen MR) is 52.9 cm³/mol. The molecule has 1 aromatic carbocycles. The third kappa shape index (κ3) is 1.62. The molecule has 5 heteroatoms. The highest BCUT2D eigenvalue weighted by Gasteiger charge is 2.17. The van der Waals surface area contributed by atoms with Gasteiger partial charge in [-0.1, -0.05) is 0 Å². The van der Waals surface area contributed by atoms with E-state index in [0.29, 0.717) is 24.3 Å². The normalized spacial score (nSPS) is 14.3. The number of hydrogen-bond acceptors (Lipinski definition) is 3. The van der Waals surface area contributed by atoms with Crippen molar-refractivity contribution < 1.29 is 9.18 Å². The molecule has 1 heterocycles. The number of carbonyl (C=O) groups excluding carboxylic acids is 1. The largest absolute Gasteiger partial charge is 0.382 e. The monoisotopic (exact) mass is 205 g/mol. The summed E-state index contributed by atoms with van der Waals surface area (Å²) in [6.45, 7) is 0.400. The van der Waals surface area contributed by atoms with Crippen LogP contribution in [0.3, 0.4) is 0 Å². The van der Waals surface area contributed by atoms with E-state index in [0.717, 1.165) is 0 Å². The molecule has 0 fully saturated rings. The van der Waals surface area contributed by atoms with Crippen LogP contribution in [-0.2, 0) is 4.79 Å². The number of amides is 1. The Morgan fingerprint density at radius 3 is 3.00 bits per heavy atom. The van der Waals surface area contributed by atoms with Gasteiger partial charge in [0.05, 0.1) is 11.4 Å². The molecule has 4 nitrogen and oxygen atoms in total. The summed E-state index contributed by atoms with van der Waals surface area (Å²) in [4.78, 5) is 11.2. The lowest BCUT2D eigenvalue weighted by atomic mass is 10.1. The molecule has 1 aliphatic heterocycles. The molecule has 0 saturated heterocycles. The summed E-state index contributed by atoms with van der Waals surface area (Å²) in [5, 5.41) is 14.3. The first kappa shape index (κ1) is 9.46. The maximum absolute atomic E-state index is 13.2. The summed E-state index contributed by atoms with van der Waals surface area (Å²) in [5.41, 5.74) is 0.758. The molecule has 0 radical (unpaired) electrons. The lowest BCUT2D eigenvalue weighted by Gasteiger charge is -2.09. The van der Waals surface area contributed by atoms with Gasteiger partial charge in [-0.2, -0.15) is 5.26 Å². The fourth-order valence-corrected chi connectivity index (χ4v) is 1.49. The lowest BCUT2D eigenvalue weighted by Crippen LogP contribution is -2.10. The molecule has 0 aromatic heterocycles. The molecule has 2 rings (SSSR count). The smallest absolute Gasteiger partial charge is 0.226 e. The summed E-state index contributed by atoms with van der Waals surface area (Å²) in [5.74, 6) is -0.725.